The number of carbonyl (C=O) groups is 2. The smallest absolute Gasteiger partial charge is 0.339 e. The summed E-state index contributed by atoms with van der Waals surface area (Å²) in [6.07, 6.45) is 0. The zero-order valence-corrected chi connectivity index (χ0v) is 15.7. The van der Waals surface area contributed by atoms with Crippen molar-refractivity contribution >= 4 is 11.8 Å². The Labute approximate surface area is 159 Å². The molecular weight excluding hydrogens is 336 g/mol. The molecule has 27 heavy (non-hydrogen) atoms. The summed E-state index contributed by atoms with van der Waals surface area (Å²) >= 11 is 0. The first kappa shape index (κ1) is 18.6. The summed E-state index contributed by atoms with van der Waals surface area (Å²) in [7, 11) is 0. The Morgan fingerprint density at radius 1 is 0.704 bits per heavy atom. The maximum absolute atomic E-state index is 12.6. The molecule has 3 heteroatoms. The summed E-state index contributed by atoms with van der Waals surface area (Å²) in [5.74, 6) is -0.384. The molecule has 0 fully saturated rings. The van der Waals surface area contributed by atoms with Crippen molar-refractivity contribution in [3.8, 4) is 11.1 Å². The first-order chi connectivity index (χ1) is 12.8. The number of hydrogen-bond donors (Lipinski definition) is 0. The van der Waals surface area contributed by atoms with Gasteiger partial charge >= 0.3 is 5.97 Å². The topological polar surface area (TPSA) is 43.4 Å². The van der Waals surface area contributed by atoms with Crippen LogP contribution in [0.1, 0.15) is 47.1 Å². The lowest BCUT2D eigenvalue weighted by Gasteiger charge is -2.20. The van der Waals surface area contributed by atoms with E-state index in [1.54, 1.807) is 30.3 Å². The fourth-order valence-corrected chi connectivity index (χ4v) is 2.80. The highest BCUT2D eigenvalue weighted by Crippen LogP contribution is 2.26. The normalized spacial score (nSPS) is 11.1. The van der Waals surface area contributed by atoms with Gasteiger partial charge in [0.25, 0.3) is 0 Å². The minimum atomic E-state index is -0.559. The molecule has 136 valence electrons. The van der Waals surface area contributed by atoms with Crippen molar-refractivity contribution in [2.75, 3.05) is 0 Å². The zero-order chi connectivity index (χ0) is 19.4. The van der Waals surface area contributed by atoms with Gasteiger partial charge in [-0.2, -0.15) is 0 Å². The lowest BCUT2D eigenvalue weighted by Crippen LogP contribution is -2.24. The molecule has 0 atom stereocenters. The van der Waals surface area contributed by atoms with Crippen LogP contribution in [0.15, 0.2) is 78.9 Å². The second-order valence-electron chi connectivity index (χ2n) is 7.32. The van der Waals surface area contributed by atoms with Crippen molar-refractivity contribution in [2.24, 2.45) is 0 Å². The molecule has 3 aromatic rings. The van der Waals surface area contributed by atoms with Gasteiger partial charge in [-0.15, -0.1) is 0 Å². The zero-order valence-electron chi connectivity index (χ0n) is 15.7. The van der Waals surface area contributed by atoms with Crippen LogP contribution in [0.3, 0.4) is 0 Å². The van der Waals surface area contributed by atoms with E-state index >= 15 is 0 Å². The molecule has 0 spiro atoms. The lowest BCUT2D eigenvalue weighted by molar-refractivity contribution is 0.00703. The van der Waals surface area contributed by atoms with Gasteiger partial charge in [-0.25, -0.2) is 4.79 Å². The quantitative estimate of drug-likeness (QED) is 0.454. The number of benzene rings is 3. The van der Waals surface area contributed by atoms with Gasteiger partial charge in [0.1, 0.15) is 5.60 Å². The maximum atomic E-state index is 12.6. The van der Waals surface area contributed by atoms with Crippen molar-refractivity contribution < 1.29 is 14.3 Å². The summed E-state index contributed by atoms with van der Waals surface area (Å²) < 4.78 is 5.51. The van der Waals surface area contributed by atoms with Gasteiger partial charge in [-0.1, -0.05) is 72.8 Å². The highest BCUT2D eigenvalue weighted by atomic mass is 16.6. The Hall–Kier alpha value is -3.20. The first-order valence-electron chi connectivity index (χ1n) is 8.88. The van der Waals surface area contributed by atoms with E-state index in [9.17, 15) is 9.59 Å². The summed E-state index contributed by atoms with van der Waals surface area (Å²) in [6, 6.07) is 23.8. The fraction of sp³-hybridized carbons (Fsp3) is 0.167. The van der Waals surface area contributed by atoms with Crippen molar-refractivity contribution in [2.45, 2.75) is 26.4 Å². The second-order valence-corrected chi connectivity index (χ2v) is 7.32. The highest BCUT2D eigenvalue weighted by Gasteiger charge is 2.20. The SMILES string of the molecule is CC(C)(C)OC(=O)c1ccccc1-c1ccc(C(=O)c2ccccc2)cc1. The van der Waals surface area contributed by atoms with E-state index in [-0.39, 0.29) is 11.8 Å². The fourth-order valence-electron chi connectivity index (χ4n) is 2.80. The Morgan fingerprint density at radius 2 is 1.26 bits per heavy atom. The van der Waals surface area contributed by atoms with Crippen LogP contribution in [0.25, 0.3) is 11.1 Å². The van der Waals surface area contributed by atoms with E-state index in [1.807, 2.05) is 69.3 Å². The molecule has 0 saturated carbocycles. The summed E-state index contributed by atoms with van der Waals surface area (Å²) in [5, 5.41) is 0. The van der Waals surface area contributed by atoms with Crippen LogP contribution in [0, 0.1) is 0 Å². The molecule has 3 rings (SSSR count). The predicted octanol–water partition coefficient (Wildman–Crippen LogP) is 5.54. The number of ketones is 1. The van der Waals surface area contributed by atoms with E-state index in [0.29, 0.717) is 16.7 Å². The van der Waals surface area contributed by atoms with E-state index in [4.69, 9.17) is 4.74 Å². The molecule has 0 heterocycles. The Balaban J connectivity index is 1.90. The van der Waals surface area contributed by atoms with Crippen LogP contribution in [0.4, 0.5) is 0 Å². The molecule has 0 N–H and O–H groups in total. The second kappa shape index (κ2) is 7.58. The van der Waals surface area contributed by atoms with Crippen molar-refractivity contribution in [3.63, 3.8) is 0 Å². The standard InChI is InChI=1S/C24H22O3/c1-24(2,3)27-23(26)21-12-8-7-11-20(21)17-13-15-19(16-14-17)22(25)18-9-5-4-6-10-18/h4-16H,1-3H3. The summed E-state index contributed by atoms with van der Waals surface area (Å²) in [4.78, 5) is 25.1. The van der Waals surface area contributed by atoms with Crippen LogP contribution >= 0.6 is 0 Å². The highest BCUT2D eigenvalue weighted by molar-refractivity contribution is 6.09. The first-order valence-corrected chi connectivity index (χ1v) is 8.88. The molecule has 3 nitrogen and oxygen atoms in total. The van der Waals surface area contributed by atoms with Crippen molar-refractivity contribution in [1.29, 1.82) is 0 Å². The van der Waals surface area contributed by atoms with Gasteiger partial charge in [0.05, 0.1) is 5.56 Å². The number of hydrogen-bond acceptors (Lipinski definition) is 3. The molecule has 0 aliphatic carbocycles. The van der Waals surface area contributed by atoms with Crippen LogP contribution in [-0.4, -0.2) is 17.4 Å². The summed E-state index contributed by atoms with van der Waals surface area (Å²) in [6.45, 7) is 5.53. The van der Waals surface area contributed by atoms with Gasteiger partial charge in [-0.3, -0.25) is 4.79 Å². The largest absolute Gasteiger partial charge is 0.456 e. The molecule has 0 unspecified atom stereocenters. The van der Waals surface area contributed by atoms with Gasteiger partial charge in [0, 0.05) is 11.1 Å². The van der Waals surface area contributed by atoms with Gasteiger partial charge in [0.15, 0.2) is 5.78 Å². The third-order valence-electron chi connectivity index (χ3n) is 4.04. The summed E-state index contributed by atoms with van der Waals surface area (Å²) in [5.41, 5.74) is 2.86. The molecule has 0 bridgehead atoms. The Bertz CT molecular complexity index is 949. The van der Waals surface area contributed by atoms with Crippen molar-refractivity contribution in [1.82, 2.24) is 0 Å². The van der Waals surface area contributed by atoms with E-state index in [2.05, 4.69) is 0 Å². The Kier molecular flexibility index (Phi) is 5.22. The molecule has 0 aromatic heterocycles. The van der Waals surface area contributed by atoms with E-state index in [1.165, 1.54) is 0 Å². The maximum Gasteiger partial charge on any atom is 0.339 e. The molecule has 0 radical (unpaired) electrons. The third-order valence-corrected chi connectivity index (χ3v) is 4.04. The Morgan fingerprint density at radius 3 is 1.89 bits per heavy atom. The molecule has 0 aliphatic heterocycles. The van der Waals surface area contributed by atoms with Crippen LogP contribution in [-0.2, 0) is 4.74 Å². The average molecular weight is 358 g/mol. The van der Waals surface area contributed by atoms with Crippen molar-refractivity contribution in [3.05, 3.63) is 95.6 Å². The lowest BCUT2D eigenvalue weighted by atomic mass is 9.96. The van der Waals surface area contributed by atoms with Crippen LogP contribution in [0.2, 0.25) is 0 Å². The number of carbonyl (C=O) groups excluding carboxylic acids is 2. The van der Waals surface area contributed by atoms with Gasteiger partial charge in [0.2, 0.25) is 0 Å². The van der Waals surface area contributed by atoms with Crippen LogP contribution in [0.5, 0.6) is 0 Å². The molecule has 0 saturated heterocycles. The van der Waals surface area contributed by atoms with Gasteiger partial charge in [-0.05, 0) is 38.0 Å². The van der Waals surface area contributed by atoms with Crippen LogP contribution < -0.4 is 0 Å². The molecular formula is C24H22O3. The van der Waals surface area contributed by atoms with E-state index in [0.717, 1.165) is 11.1 Å². The van der Waals surface area contributed by atoms with Gasteiger partial charge < -0.3 is 4.74 Å². The van der Waals surface area contributed by atoms with E-state index < -0.39 is 5.60 Å². The predicted molar refractivity (Wildman–Crippen MR) is 107 cm³/mol. The average Bonchev–Trinajstić information content (AvgIpc) is 2.67. The minimum absolute atomic E-state index is 0.0254. The molecule has 3 aromatic carbocycles. The monoisotopic (exact) mass is 358 g/mol. The number of ether oxygens (including phenoxy) is 1. The number of esters is 1. The molecule has 0 amide bonds. The third kappa shape index (κ3) is 4.50. The number of rotatable bonds is 4. The molecule has 0 aliphatic rings. The minimum Gasteiger partial charge on any atom is -0.456 e.